The molecule has 2 rings (SSSR count). The normalized spacial score (nSPS) is 10.8. The van der Waals surface area contributed by atoms with E-state index in [0.717, 1.165) is 21.8 Å². The summed E-state index contributed by atoms with van der Waals surface area (Å²) in [6.07, 6.45) is -0.987. The maximum Gasteiger partial charge on any atom is 0.289 e. The van der Waals surface area contributed by atoms with Crippen LogP contribution >= 0.6 is 11.3 Å². The van der Waals surface area contributed by atoms with Gasteiger partial charge in [0.2, 0.25) is 0 Å². The minimum absolute atomic E-state index is 0.121. The zero-order chi connectivity index (χ0) is 9.97. The Labute approximate surface area is 84.0 Å². The van der Waals surface area contributed by atoms with Crippen molar-refractivity contribution in [2.45, 2.75) is 6.43 Å². The van der Waals surface area contributed by atoms with Gasteiger partial charge in [0.25, 0.3) is 6.43 Å². The summed E-state index contributed by atoms with van der Waals surface area (Å²) >= 11 is 1.03. The Morgan fingerprint density at radius 3 is 2.43 bits per heavy atom. The molecule has 1 heterocycles. The Bertz CT molecular complexity index is 411. The van der Waals surface area contributed by atoms with Gasteiger partial charge < -0.3 is 0 Å². The van der Waals surface area contributed by atoms with Gasteiger partial charge in [-0.25, -0.2) is 13.8 Å². The topological polar surface area (TPSA) is 12.9 Å². The quantitative estimate of drug-likeness (QED) is 0.737. The molecule has 0 saturated carbocycles. The molecule has 0 unspecified atom stereocenters. The first-order valence-electron chi connectivity index (χ1n) is 4.06. The van der Waals surface area contributed by atoms with E-state index in [9.17, 15) is 8.78 Å². The fourth-order valence-corrected chi connectivity index (χ4v) is 1.90. The molecule has 0 radical (unpaired) electrons. The molecule has 0 atom stereocenters. The van der Waals surface area contributed by atoms with Crippen molar-refractivity contribution in [3.8, 4) is 10.4 Å². The smallest absolute Gasteiger partial charge is 0.243 e. The Hall–Kier alpha value is -1.29. The summed E-state index contributed by atoms with van der Waals surface area (Å²) in [7, 11) is 0. The van der Waals surface area contributed by atoms with E-state index in [-0.39, 0.29) is 5.01 Å². The van der Waals surface area contributed by atoms with Gasteiger partial charge >= 0.3 is 0 Å². The van der Waals surface area contributed by atoms with Crippen molar-refractivity contribution in [3.63, 3.8) is 0 Å². The highest BCUT2D eigenvalue weighted by Gasteiger charge is 2.12. The van der Waals surface area contributed by atoms with Gasteiger partial charge in [0.1, 0.15) is 0 Å². The second-order valence-corrected chi connectivity index (χ2v) is 3.79. The van der Waals surface area contributed by atoms with Crippen LogP contribution in [0.25, 0.3) is 10.4 Å². The zero-order valence-electron chi connectivity index (χ0n) is 7.15. The Morgan fingerprint density at radius 2 is 1.86 bits per heavy atom. The number of benzene rings is 1. The molecule has 1 aromatic heterocycles. The molecule has 72 valence electrons. The van der Waals surface area contributed by atoms with Crippen LogP contribution in [0.3, 0.4) is 0 Å². The first kappa shape index (κ1) is 9.27. The number of hydrogen-bond acceptors (Lipinski definition) is 2. The standard InChI is InChI=1S/C10H7F2NS/c11-9(12)10-13-6-8(14-10)7-4-2-1-3-5-7/h1-6,9H. The summed E-state index contributed by atoms with van der Waals surface area (Å²) < 4.78 is 24.5. The molecule has 0 fully saturated rings. The van der Waals surface area contributed by atoms with E-state index in [2.05, 4.69) is 4.98 Å². The Balaban J connectivity index is 2.34. The average molecular weight is 211 g/mol. The molecule has 0 amide bonds. The van der Waals surface area contributed by atoms with Gasteiger partial charge in [0.05, 0.1) is 4.88 Å². The lowest BCUT2D eigenvalue weighted by Gasteiger charge is -1.93. The summed E-state index contributed by atoms with van der Waals surface area (Å²) in [4.78, 5) is 4.44. The number of halogens is 2. The average Bonchev–Trinajstić information content (AvgIpc) is 2.68. The van der Waals surface area contributed by atoms with Crippen molar-refractivity contribution in [2.75, 3.05) is 0 Å². The number of alkyl halides is 2. The minimum Gasteiger partial charge on any atom is -0.243 e. The highest BCUT2D eigenvalue weighted by molar-refractivity contribution is 7.15. The molecule has 0 aliphatic heterocycles. The second kappa shape index (κ2) is 3.84. The minimum atomic E-state index is -2.47. The third-order valence-electron chi connectivity index (χ3n) is 1.77. The van der Waals surface area contributed by atoms with Gasteiger partial charge in [0.15, 0.2) is 5.01 Å². The number of aromatic nitrogens is 1. The van der Waals surface area contributed by atoms with Gasteiger partial charge in [-0.2, -0.15) is 0 Å². The van der Waals surface area contributed by atoms with Gasteiger partial charge in [-0.3, -0.25) is 0 Å². The fourth-order valence-electron chi connectivity index (χ4n) is 1.12. The fraction of sp³-hybridized carbons (Fsp3) is 0.100. The van der Waals surface area contributed by atoms with Crippen molar-refractivity contribution in [1.29, 1.82) is 0 Å². The van der Waals surface area contributed by atoms with E-state index in [0.29, 0.717) is 0 Å². The summed E-state index contributed by atoms with van der Waals surface area (Å²) in [6, 6.07) is 9.39. The third-order valence-corrected chi connectivity index (χ3v) is 2.82. The zero-order valence-corrected chi connectivity index (χ0v) is 7.97. The monoisotopic (exact) mass is 211 g/mol. The molecule has 4 heteroatoms. The summed E-state index contributed by atoms with van der Waals surface area (Å²) in [5, 5.41) is -0.121. The van der Waals surface area contributed by atoms with Crippen LogP contribution in [0.5, 0.6) is 0 Å². The SMILES string of the molecule is FC(F)c1ncc(-c2ccccc2)s1. The second-order valence-electron chi connectivity index (χ2n) is 2.73. The van der Waals surface area contributed by atoms with Gasteiger partial charge in [-0.05, 0) is 5.56 Å². The van der Waals surface area contributed by atoms with Gasteiger partial charge in [0, 0.05) is 6.20 Å². The molecular weight excluding hydrogens is 204 g/mol. The maximum atomic E-state index is 12.2. The van der Waals surface area contributed by atoms with Crippen molar-refractivity contribution >= 4 is 11.3 Å². The lowest BCUT2D eigenvalue weighted by molar-refractivity contribution is 0.151. The lowest BCUT2D eigenvalue weighted by Crippen LogP contribution is -1.77. The number of thiazole rings is 1. The lowest BCUT2D eigenvalue weighted by atomic mass is 10.2. The van der Waals surface area contributed by atoms with Crippen molar-refractivity contribution in [1.82, 2.24) is 4.98 Å². The largest absolute Gasteiger partial charge is 0.289 e. The van der Waals surface area contributed by atoms with Crippen molar-refractivity contribution < 1.29 is 8.78 Å². The van der Waals surface area contributed by atoms with Crippen LogP contribution in [0, 0.1) is 0 Å². The van der Waals surface area contributed by atoms with Crippen LogP contribution in [-0.4, -0.2) is 4.98 Å². The molecule has 14 heavy (non-hydrogen) atoms. The highest BCUT2D eigenvalue weighted by Crippen LogP contribution is 2.30. The molecule has 0 bridgehead atoms. The summed E-state index contributed by atoms with van der Waals surface area (Å²) in [5.41, 5.74) is 0.928. The van der Waals surface area contributed by atoms with E-state index in [1.807, 2.05) is 30.3 Å². The molecule has 0 aliphatic carbocycles. The molecule has 2 aromatic rings. The summed E-state index contributed by atoms with van der Waals surface area (Å²) in [6.45, 7) is 0. The maximum absolute atomic E-state index is 12.2. The molecule has 0 aliphatic rings. The van der Waals surface area contributed by atoms with Crippen molar-refractivity contribution in [3.05, 3.63) is 41.5 Å². The first-order valence-corrected chi connectivity index (χ1v) is 4.88. The third kappa shape index (κ3) is 1.80. The summed E-state index contributed by atoms with van der Waals surface area (Å²) in [5.74, 6) is 0. The van der Waals surface area contributed by atoms with Crippen LogP contribution < -0.4 is 0 Å². The van der Waals surface area contributed by atoms with Gasteiger partial charge in [-0.1, -0.05) is 30.3 Å². The van der Waals surface area contributed by atoms with E-state index in [1.165, 1.54) is 6.20 Å². The first-order chi connectivity index (χ1) is 6.77. The Kier molecular flexibility index (Phi) is 2.54. The predicted octanol–water partition coefficient (Wildman–Crippen LogP) is 3.75. The number of nitrogens with zero attached hydrogens (tertiary/aromatic N) is 1. The van der Waals surface area contributed by atoms with E-state index in [4.69, 9.17) is 0 Å². The van der Waals surface area contributed by atoms with Crippen LogP contribution in [0.1, 0.15) is 11.4 Å². The highest BCUT2D eigenvalue weighted by atomic mass is 32.1. The van der Waals surface area contributed by atoms with Gasteiger partial charge in [-0.15, -0.1) is 11.3 Å². The van der Waals surface area contributed by atoms with Crippen LogP contribution in [0.2, 0.25) is 0 Å². The van der Waals surface area contributed by atoms with E-state index in [1.54, 1.807) is 0 Å². The predicted molar refractivity (Wildman–Crippen MR) is 52.5 cm³/mol. The van der Waals surface area contributed by atoms with E-state index < -0.39 is 6.43 Å². The number of rotatable bonds is 2. The van der Waals surface area contributed by atoms with E-state index >= 15 is 0 Å². The molecule has 0 spiro atoms. The number of hydrogen-bond donors (Lipinski definition) is 0. The molecular formula is C10H7F2NS. The van der Waals surface area contributed by atoms with Crippen molar-refractivity contribution in [2.24, 2.45) is 0 Å². The molecule has 1 nitrogen and oxygen atoms in total. The molecule has 0 N–H and O–H groups in total. The van der Waals surface area contributed by atoms with Crippen LogP contribution in [-0.2, 0) is 0 Å². The Morgan fingerprint density at radius 1 is 1.14 bits per heavy atom. The van der Waals surface area contributed by atoms with Crippen LogP contribution in [0.15, 0.2) is 36.5 Å². The van der Waals surface area contributed by atoms with Crippen LogP contribution in [0.4, 0.5) is 8.78 Å². The molecule has 0 saturated heterocycles. The molecule has 1 aromatic carbocycles.